The van der Waals surface area contributed by atoms with Crippen LogP contribution in [0.1, 0.15) is 25.5 Å². The largest absolute Gasteiger partial charge is 0.497 e. The van der Waals surface area contributed by atoms with Crippen molar-refractivity contribution >= 4 is 21.6 Å². The lowest BCUT2D eigenvalue weighted by molar-refractivity contribution is -0.122. The normalized spacial score (nSPS) is 13.3. The number of rotatable bonds is 8. The Morgan fingerprint density at radius 1 is 1.07 bits per heavy atom. The predicted molar refractivity (Wildman–Crippen MR) is 109 cm³/mol. The van der Waals surface area contributed by atoms with E-state index in [1.165, 1.54) is 39.3 Å². The van der Waals surface area contributed by atoms with E-state index < -0.39 is 28.0 Å². The zero-order valence-corrected chi connectivity index (χ0v) is 17.8. The lowest BCUT2D eigenvalue weighted by Crippen LogP contribution is -2.48. The van der Waals surface area contributed by atoms with Crippen LogP contribution in [0.5, 0.6) is 11.5 Å². The third-order valence-corrected chi connectivity index (χ3v) is 5.67. The van der Waals surface area contributed by atoms with E-state index >= 15 is 0 Å². The van der Waals surface area contributed by atoms with Gasteiger partial charge in [-0.3, -0.25) is 9.10 Å². The van der Waals surface area contributed by atoms with E-state index in [2.05, 4.69) is 5.32 Å². The molecule has 0 heterocycles. The van der Waals surface area contributed by atoms with Crippen LogP contribution in [0, 0.1) is 5.82 Å². The zero-order chi connectivity index (χ0) is 21.8. The van der Waals surface area contributed by atoms with Crippen LogP contribution in [0.15, 0.2) is 42.5 Å². The van der Waals surface area contributed by atoms with Gasteiger partial charge < -0.3 is 14.8 Å². The molecular formula is C20H25FN2O5S. The van der Waals surface area contributed by atoms with Gasteiger partial charge in [0, 0.05) is 6.07 Å². The molecule has 0 aliphatic carbocycles. The van der Waals surface area contributed by atoms with Gasteiger partial charge in [0.2, 0.25) is 15.9 Å². The molecule has 2 rings (SSSR count). The molecule has 2 atom stereocenters. The van der Waals surface area contributed by atoms with Crippen molar-refractivity contribution in [3.05, 3.63) is 53.8 Å². The molecule has 0 aliphatic rings. The highest BCUT2D eigenvalue weighted by molar-refractivity contribution is 7.92. The number of nitrogens with one attached hydrogen (secondary N) is 1. The smallest absolute Gasteiger partial charge is 0.244 e. The summed E-state index contributed by atoms with van der Waals surface area (Å²) in [6.45, 7) is 3.21. The molecule has 1 amide bonds. The molecule has 2 aromatic carbocycles. The standard InChI is InChI=1S/C20H25FN2O5S/c1-13(15-6-8-16(21)9-7-15)22-20(24)14(2)23(29(5,25)26)18-12-17(27-3)10-11-19(18)28-4/h6-14H,1-5H3,(H,22,24). The van der Waals surface area contributed by atoms with Gasteiger partial charge in [0.05, 0.1) is 32.2 Å². The number of sulfonamides is 1. The SMILES string of the molecule is COc1ccc(OC)c(N(C(C)C(=O)NC(C)c2ccc(F)cc2)S(C)(=O)=O)c1. The Balaban J connectivity index is 2.35. The summed E-state index contributed by atoms with van der Waals surface area (Å²) in [5.74, 6) is -0.199. The molecule has 0 aliphatic heterocycles. The highest BCUT2D eigenvalue weighted by Gasteiger charge is 2.32. The van der Waals surface area contributed by atoms with Crippen LogP contribution >= 0.6 is 0 Å². The third-order valence-electron chi connectivity index (χ3n) is 4.44. The lowest BCUT2D eigenvalue weighted by atomic mass is 10.1. The Morgan fingerprint density at radius 2 is 1.69 bits per heavy atom. The van der Waals surface area contributed by atoms with Crippen LogP contribution in [0.2, 0.25) is 0 Å². The Bertz CT molecular complexity index is 963. The number of hydrogen-bond donors (Lipinski definition) is 1. The summed E-state index contributed by atoms with van der Waals surface area (Å²) in [7, 11) is -0.973. The first-order chi connectivity index (χ1) is 13.6. The number of carbonyl (C=O) groups is 1. The Kier molecular flexibility index (Phi) is 7.07. The number of benzene rings is 2. The first kappa shape index (κ1) is 22.5. The summed E-state index contributed by atoms with van der Waals surface area (Å²) in [6, 6.07) is 8.88. The number of nitrogens with zero attached hydrogens (tertiary/aromatic N) is 1. The maximum Gasteiger partial charge on any atom is 0.244 e. The van der Waals surface area contributed by atoms with Crippen molar-refractivity contribution in [2.75, 3.05) is 24.8 Å². The van der Waals surface area contributed by atoms with Gasteiger partial charge in [0.1, 0.15) is 23.4 Å². The summed E-state index contributed by atoms with van der Waals surface area (Å²) < 4.78 is 49.7. The fourth-order valence-electron chi connectivity index (χ4n) is 2.92. The first-order valence-corrected chi connectivity index (χ1v) is 10.7. The van der Waals surface area contributed by atoms with Gasteiger partial charge in [-0.25, -0.2) is 12.8 Å². The second-order valence-electron chi connectivity index (χ2n) is 6.55. The van der Waals surface area contributed by atoms with Gasteiger partial charge in [-0.15, -0.1) is 0 Å². The number of methoxy groups -OCH3 is 2. The lowest BCUT2D eigenvalue weighted by Gasteiger charge is -2.30. The minimum atomic E-state index is -3.84. The van der Waals surface area contributed by atoms with Crippen LogP contribution in [-0.4, -0.2) is 40.8 Å². The molecule has 0 saturated heterocycles. The topological polar surface area (TPSA) is 84.9 Å². The summed E-state index contributed by atoms with van der Waals surface area (Å²) in [5.41, 5.74) is 0.878. The Hall–Kier alpha value is -2.81. The van der Waals surface area contributed by atoms with Gasteiger partial charge in [-0.05, 0) is 43.7 Å². The summed E-state index contributed by atoms with van der Waals surface area (Å²) in [6.07, 6.45) is 1.01. The summed E-state index contributed by atoms with van der Waals surface area (Å²) in [4.78, 5) is 12.8. The van der Waals surface area contributed by atoms with E-state index in [0.717, 1.165) is 10.6 Å². The highest BCUT2D eigenvalue weighted by Crippen LogP contribution is 2.35. The fraction of sp³-hybridized carbons (Fsp3) is 0.350. The molecule has 158 valence electrons. The number of carbonyl (C=O) groups excluding carboxylic acids is 1. The second-order valence-corrected chi connectivity index (χ2v) is 8.41. The van der Waals surface area contributed by atoms with Crippen LogP contribution in [-0.2, 0) is 14.8 Å². The van der Waals surface area contributed by atoms with E-state index in [1.807, 2.05) is 0 Å². The molecule has 1 N–H and O–H groups in total. The van der Waals surface area contributed by atoms with Crippen molar-refractivity contribution in [2.45, 2.75) is 25.9 Å². The van der Waals surface area contributed by atoms with Gasteiger partial charge >= 0.3 is 0 Å². The Morgan fingerprint density at radius 3 is 2.21 bits per heavy atom. The van der Waals surface area contributed by atoms with E-state index in [4.69, 9.17) is 9.47 Å². The van der Waals surface area contributed by atoms with E-state index in [-0.39, 0.29) is 17.3 Å². The summed E-state index contributed by atoms with van der Waals surface area (Å²) >= 11 is 0. The van der Waals surface area contributed by atoms with Crippen LogP contribution < -0.4 is 19.1 Å². The van der Waals surface area contributed by atoms with Gasteiger partial charge in [0.25, 0.3) is 0 Å². The molecule has 0 saturated carbocycles. The monoisotopic (exact) mass is 424 g/mol. The van der Waals surface area contributed by atoms with Crippen molar-refractivity contribution in [3.63, 3.8) is 0 Å². The van der Waals surface area contributed by atoms with Crippen LogP contribution in [0.3, 0.4) is 0 Å². The van der Waals surface area contributed by atoms with Crippen molar-refractivity contribution in [3.8, 4) is 11.5 Å². The van der Waals surface area contributed by atoms with Crippen molar-refractivity contribution in [2.24, 2.45) is 0 Å². The second kappa shape index (κ2) is 9.13. The van der Waals surface area contributed by atoms with E-state index in [9.17, 15) is 17.6 Å². The zero-order valence-electron chi connectivity index (χ0n) is 17.0. The molecule has 2 unspecified atom stereocenters. The average Bonchev–Trinajstić information content (AvgIpc) is 2.67. The maximum absolute atomic E-state index is 13.1. The first-order valence-electron chi connectivity index (χ1n) is 8.85. The average molecular weight is 424 g/mol. The fourth-order valence-corrected chi connectivity index (χ4v) is 4.09. The molecule has 0 aromatic heterocycles. The molecule has 0 bridgehead atoms. The third kappa shape index (κ3) is 5.38. The van der Waals surface area contributed by atoms with Crippen LogP contribution in [0.4, 0.5) is 10.1 Å². The molecule has 29 heavy (non-hydrogen) atoms. The molecule has 0 spiro atoms. The van der Waals surface area contributed by atoms with Crippen LogP contribution in [0.25, 0.3) is 0 Å². The summed E-state index contributed by atoms with van der Waals surface area (Å²) in [5, 5.41) is 2.76. The van der Waals surface area contributed by atoms with Crippen molar-refractivity contribution < 1.29 is 27.1 Å². The number of halogens is 1. The number of ether oxygens (including phenoxy) is 2. The van der Waals surface area contributed by atoms with Crippen molar-refractivity contribution in [1.29, 1.82) is 0 Å². The highest BCUT2D eigenvalue weighted by atomic mass is 32.2. The molecule has 0 fully saturated rings. The molecule has 2 aromatic rings. The molecule has 9 heteroatoms. The molecule has 7 nitrogen and oxygen atoms in total. The Labute approximate surface area is 170 Å². The molecular weight excluding hydrogens is 399 g/mol. The number of anilines is 1. The predicted octanol–water partition coefficient (Wildman–Crippen LogP) is 2.87. The van der Waals surface area contributed by atoms with Crippen molar-refractivity contribution in [1.82, 2.24) is 5.32 Å². The molecule has 0 radical (unpaired) electrons. The van der Waals surface area contributed by atoms with E-state index in [1.54, 1.807) is 31.2 Å². The van der Waals surface area contributed by atoms with Gasteiger partial charge in [-0.1, -0.05) is 12.1 Å². The van der Waals surface area contributed by atoms with E-state index in [0.29, 0.717) is 11.3 Å². The maximum atomic E-state index is 13.1. The minimum Gasteiger partial charge on any atom is -0.497 e. The minimum absolute atomic E-state index is 0.187. The quantitative estimate of drug-likeness (QED) is 0.704. The van der Waals surface area contributed by atoms with Gasteiger partial charge in [-0.2, -0.15) is 0 Å². The number of hydrogen-bond acceptors (Lipinski definition) is 5. The van der Waals surface area contributed by atoms with Gasteiger partial charge in [0.15, 0.2) is 0 Å². The number of amides is 1.